The van der Waals surface area contributed by atoms with E-state index in [2.05, 4.69) is 52.0 Å². The summed E-state index contributed by atoms with van der Waals surface area (Å²) >= 11 is 0. The zero-order valence-corrected chi connectivity index (χ0v) is 15.8. The molecule has 0 spiro atoms. The van der Waals surface area contributed by atoms with Crippen molar-refractivity contribution in [2.24, 2.45) is 0 Å². The van der Waals surface area contributed by atoms with Crippen LogP contribution in [0.3, 0.4) is 0 Å². The molecule has 0 saturated carbocycles. The van der Waals surface area contributed by atoms with E-state index < -0.39 is 10.8 Å². The van der Waals surface area contributed by atoms with Crippen molar-refractivity contribution in [2.75, 3.05) is 0 Å². The van der Waals surface area contributed by atoms with E-state index in [4.69, 9.17) is 0 Å². The zero-order valence-electron chi connectivity index (χ0n) is 15.0. The number of hydrogen-bond donors (Lipinski definition) is 0. The monoisotopic (exact) mass is 338 g/mol. The lowest BCUT2D eigenvalue weighted by Gasteiger charge is -2.11. The molecule has 0 heterocycles. The average molecular weight is 339 g/mol. The lowest BCUT2D eigenvalue weighted by molar-refractivity contribution is 0.681. The van der Waals surface area contributed by atoms with E-state index in [-0.39, 0.29) is 0 Å². The fourth-order valence-electron chi connectivity index (χ4n) is 2.45. The van der Waals surface area contributed by atoms with E-state index in [1.165, 1.54) is 11.1 Å². The first kappa shape index (κ1) is 18.4. The molecule has 0 amide bonds. The van der Waals surface area contributed by atoms with Gasteiger partial charge in [0.25, 0.3) is 0 Å². The lowest BCUT2D eigenvalue weighted by atomic mass is 10.1. The molecular formula is C22H26OS. The molecule has 0 bridgehead atoms. The molecule has 24 heavy (non-hydrogen) atoms. The topological polar surface area (TPSA) is 17.1 Å². The van der Waals surface area contributed by atoms with Crippen molar-refractivity contribution in [2.45, 2.75) is 50.3 Å². The highest BCUT2D eigenvalue weighted by atomic mass is 32.2. The molecule has 2 rings (SSSR count). The Morgan fingerprint density at radius 3 is 1.50 bits per heavy atom. The molecular weight excluding hydrogens is 312 g/mol. The molecule has 0 saturated heterocycles. The molecule has 0 aliphatic rings. The minimum atomic E-state index is -1.16. The Balaban J connectivity index is 2.40. The van der Waals surface area contributed by atoms with Crippen LogP contribution < -0.4 is 0 Å². The van der Waals surface area contributed by atoms with Gasteiger partial charge in [-0.1, -0.05) is 59.7 Å². The van der Waals surface area contributed by atoms with Crippen molar-refractivity contribution < 1.29 is 4.21 Å². The van der Waals surface area contributed by atoms with Crippen LogP contribution in [0.15, 0.2) is 81.6 Å². The molecule has 0 N–H and O–H groups in total. The third kappa shape index (κ3) is 5.04. The van der Waals surface area contributed by atoms with Gasteiger partial charge in [-0.3, -0.25) is 0 Å². The quantitative estimate of drug-likeness (QED) is 0.602. The largest absolute Gasteiger partial charge is 0.249 e. The predicted octanol–water partition coefficient (Wildman–Crippen LogP) is 5.87. The number of allylic oxidation sites excluding steroid dienone is 4. The van der Waals surface area contributed by atoms with Gasteiger partial charge in [0, 0.05) is 9.79 Å². The maximum Gasteiger partial charge on any atom is 0.0855 e. The Kier molecular flexibility index (Phi) is 6.74. The van der Waals surface area contributed by atoms with Gasteiger partial charge in [0.05, 0.1) is 10.8 Å². The van der Waals surface area contributed by atoms with E-state index in [1.54, 1.807) is 0 Å². The molecule has 0 aliphatic carbocycles. The molecule has 0 fully saturated rings. The van der Waals surface area contributed by atoms with Gasteiger partial charge in [-0.25, -0.2) is 4.21 Å². The van der Waals surface area contributed by atoms with Crippen molar-refractivity contribution in [3.8, 4) is 0 Å². The summed E-state index contributed by atoms with van der Waals surface area (Å²) in [6.45, 7) is 8.37. The first-order chi connectivity index (χ1) is 11.5. The molecule has 0 aliphatic heterocycles. The van der Waals surface area contributed by atoms with Crippen LogP contribution in [0.5, 0.6) is 0 Å². The summed E-state index contributed by atoms with van der Waals surface area (Å²) < 4.78 is 13.2. The third-order valence-electron chi connectivity index (χ3n) is 3.81. The highest BCUT2D eigenvalue weighted by Gasteiger charge is 2.14. The van der Waals surface area contributed by atoms with E-state index >= 15 is 0 Å². The van der Waals surface area contributed by atoms with Crippen LogP contribution in [-0.2, 0) is 23.6 Å². The molecule has 2 aromatic carbocycles. The van der Waals surface area contributed by atoms with Crippen LogP contribution in [0, 0.1) is 0 Å². The normalized spacial score (nSPS) is 10.5. The van der Waals surface area contributed by atoms with Gasteiger partial charge in [-0.15, -0.1) is 0 Å². The molecule has 2 aromatic rings. The predicted molar refractivity (Wildman–Crippen MR) is 104 cm³/mol. The van der Waals surface area contributed by atoms with Gasteiger partial charge in [0.2, 0.25) is 0 Å². The molecule has 1 nitrogen and oxygen atoms in total. The van der Waals surface area contributed by atoms with Gasteiger partial charge >= 0.3 is 0 Å². The summed E-state index contributed by atoms with van der Waals surface area (Å²) in [5, 5.41) is 0. The Morgan fingerprint density at radius 2 is 1.12 bits per heavy atom. The fourth-order valence-corrected chi connectivity index (χ4v) is 3.87. The standard InChI is InChI=1S/C22H26OS/c1-17(2)13-15-19-9-5-7-11-21(19)24(23)22-12-8-6-10-20(22)16-14-18(3)4/h5-14H,15-16H2,1-4H3. The van der Waals surface area contributed by atoms with Crippen LogP contribution in [0.2, 0.25) is 0 Å². The average Bonchev–Trinajstić information content (AvgIpc) is 2.58. The van der Waals surface area contributed by atoms with E-state index in [9.17, 15) is 4.21 Å². The Bertz CT molecular complexity index is 711. The minimum absolute atomic E-state index is 0.820. The summed E-state index contributed by atoms with van der Waals surface area (Å²) in [7, 11) is -1.16. The van der Waals surface area contributed by atoms with Crippen LogP contribution in [0.25, 0.3) is 0 Å². The minimum Gasteiger partial charge on any atom is -0.249 e. The SMILES string of the molecule is CC(C)=CCc1ccccc1S(=O)c1ccccc1CC=C(C)C. The summed E-state index contributed by atoms with van der Waals surface area (Å²) in [6, 6.07) is 16.1. The maximum absolute atomic E-state index is 13.2. The smallest absolute Gasteiger partial charge is 0.0855 e. The first-order valence-electron chi connectivity index (χ1n) is 8.33. The highest BCUT2D eigenvalue weighted by Crippen LogP contribution is 2.24. The molecule has 0 aromatic heterocycles. The Hall–Kier alpha value is -1.93. The highest BCUT2D eigenvalue weighted by molar-refractivity contribution is 7.85. The molecule has 2 heteroatoms. The van der Waals surface area contributed by atoms with Crippen molar-refractivity contribution in [1.82, 2.24) is 0 Å². The number of benzene rings is 2. The Labute approximate surface area is 148 Å². The molecule has 0 atom stereocenters. The first-order valence-corrected chi connectivity index (χ1v) is 9.48. The van der Waals surface area contributed by atoms with E-state index in [1.807, 2.05) is 36.4 Å². The second kappa shape index (κ2) is 8.79. The van der Waals surface area contributed by atoms with Crippen molar-refractivity contribution >= 4 is 10.8 Å². The van der Waals surface area contributed by atoms with Crippen LogP contribution >= 0.6 is 0 Å². The fraction of sp³-hybridized carbons (Fsp3) is 0.273. The number of rotatable bonds is 6. The van der Waals surface area contributed by atoms with Crippen LogP contribution in [-0.4, -0.2) is 4.21 Å². The maximum atomic E-state index is 13.2. The zero-order chi connectivity index (χ0) is 17.5. The van der Waals surface area contributed by atoms with Gasteiger partial charge in [0.1, 0.15) is 0 Å². The van der Waals surface area contributed by atoms with Gasteiger partial charge in [-0.05, 0) is 63.8 Å². The summed E-state index contributed by atoms with van der Waals surface area (Å²) in [6.07, 6.45) is 6.01. The van der Waals surface area contributed by atoms with Crippen LogP contribution in [0.4, 0.5) is 0 Å². The van der Waals surface area contributed by atoms with Crippen molar-refractivity contribution in [1.29, 1.82) is 0 Å². The van der Waals surface area contributed by atoms with Crippen molar-refractivity contribution in [3.63, 3.8) is 0 Å². The second-order valence-corrected chi connectivity index (χ2v) is 7.87. The van der Waals surface area contributed by atoms with E-state index in [0.717, 1.165) is 33.8 Å². The molecule has 0 radical (unpaired) electrons. The third-order valence-corrected chi connectivity index (χ3v) is 5.40. The number of hydrogen-bond acceptors (Lipinski definition) is 1. The molecule has 126 valence electrons. The van der Waals surface area contributed by atoms with Crippen LogP contribution in [0.1, 0.15) is 38.8 Å². The molecule has 0 unspecified atom stereocenters. The van der Waals surface area contributed by atoms with E-state index in [0.29, 0.717) is 0 Å². The van der Waals surface area contributed by atoms with Gasteiger partial charge in [0.15, 0.2) is 0 Å². The second-order valence-electron chi connectivity index (χ2n) is 6.46. The lowest BCUT2D eigenvalue weighted by Crippen LogP contribution is -2.01. The summed E-state index contributed by atoms with van der Waals surface area (Å²) in [5.74, 6) is 0. The van der Waals surface area contributed by atoms with Gasteiger partial charge in [-0.2, -0.15) is 0 Å². The summed E-state index contributed by atoms with van der Waals surface area (Å²) in [5.41, 5.74) is 4.82. The Morgan fingerprint density at radius 1 is 0.750 bits per heavy atom. The van der Waals surface area contributed by atoms with Crippen molar-refractivity contribution in [3.05, 3.63) is 83.0 Å². The van der Waals surface area contributed by atoms with Gasteiger partial charge < -0.3 is 0 Å². The summed E-state index contributed by atoms with van der Waals surface area (Å²) in [4.78, 5) is 1.83.